The second-order valence-corrected chi connectivity index (χ2v) is 4.81. The number of nitrogens with one attached hydrogen (secondary N) is 3. The third kappa shape index (κ3) is 6.20. The van der Waals surface area contributed by atoms with Gasteiger partial charge in [0, 0.05) is 5.56 Å². The molecular formula is C15H27N4O3+. The molecule has 7 heteroatoms. The molecule has 0 aliphatic heterocycles. The Hall–Kier alpha value is -1.32. The molecule has 1 aromatic carbocycles. The van der Waals surface area contributed by atoms with Gasteiger partial charge in [-0.25, -0.2) is 0 Å². The van der Waals surface area contributed by atoms with Crippen LogP contribution in [0.1, 0.15) is 11.1 Å². The van der Waals surface area contributed by atoms with Crippen molar-refractivity contribution in [1.82, 2.24) is 16.3 Å². The number of rotatable bonds is 12. The molecule has 0 saturated carbocycles. The van der Waals surface area contributed by atoms with E-state index in [-0.39, 0.29) is 24.6 Å². The molecule has 6 N–H and O–H groups in total. The summed E-state index contributed by atoms with van der Waals surface area (Å²) in [4.78, 5) is 0.0507. The zero-order valence-electron chi connectivity index (χ0n) is 12.8. The summed E-state index contributed by atoms with van der Waals surface area (Å²) in [6.45, 7) is 5.30. The Morgan fingerprint density at radius 1 is 0.864 bits per heavy atom. The Kier molecular flexibility index (Phi) is 8.86. The fraction of sp³-hybridized carbons (Fsp3) is 0.467. The zero-order chi connectivity index (χ0) is 16.3. The van der Waals surface area contributed by atoms with Crippen molar-refractivity contribution in [2.45, 2.75) is 6.54 Å². The van der Waals surface area contributed by atoms with Gasteiger partial charge in [-0.3, -0.25) is 0 Å². The number of hydrogen-bond acceptors (Lipinski definition) is 6. The van der Waals surface area contributed by atoms with Gasteiger partial charge in [0.15, 0.2) is 6.54 Å². The van der Waals surface area contributed by atoms with Crippen molar-refractivity contribution in [3.63, 3.8) is 0 Å². The van der Waals surface area contributed by atoms with Gasteiger partial charge in [0.05, 0.1) is 39.5 Å². The maximum atomic E-state index is 9.08. The van der Waals surface area contributed by atoms with Crippen molar-refractivity contribution < 1.29 is 20.1 Å². The fourth-order valence-electron chi connectivity index (χ4n) is 2.09. The van der Waals surface area contributed by atoms with E-state index in [0.717, 1.165) is 11.1 Å². The van der Waals surface area contributed by atoms with Crippen LogP contribution < -0.4 is 16.3 Å². The minimum Gasteiger partial charge on any atom is -0.395 e. The molecule has 1 rings (SSSR count). The number of benzene rings is 1. The van der Waals surface area contributed by atoms with Crippen LogP contribution in [0, 0.1) is 0 Å². The Morgan fingerprint density at radius 3 is 1.68 bits per heavy atom. The zero-order valence-corrected chi connectivity index (χ0v) is 12.8. The van der Waals surface area contributed by atoms with Crippen LogP contribution in [-0.2, 0) is 6.54 Å². The third-order valence-electron chi connectivity index (χ3n) is 3.12. The van der Waals surface area contributed by atoms with Gasteiger partial charge >= 0.3 is 0 Å². The average Bonchev–Trinajstić information content (AvgIpc) is 2.56. The predicted octanol–water partition coefficient (Wildman–Crippen LogP) is -0.863. The van der Waals surface area contributed by atoms with Crippen LogP contribution in [0.3, 0.4) is 0 Å². The topological polar surface area (TPSA) is 96.8 Å². The lowest BCUT2D eigenvalue weighted by Crippen LogP contribution is -2.73. The molecule has 0 fully saturated rings. The molecule has 0 amide bonds. The van der Waals surface area contributed by atoms with Crippen LogP contribution in [-0.4, -0.2) is 59.6 Å². The fourth-order valence-corrected chi connectivity index (χ4v) is 2.09. The quantitative estimate of drug-likeness (QED) is 0.222. The summed E-state index contributed by atoms with van der Waals surface area (Å²) in [6, 6.07) is 7.93. The van der Waals surface area contributed by atoms with Gasteiger partial charge in [0.1, 0.15) is 0 Å². The third-order valence-corrected chi connectivity index (χ3v) is 3.12. The van der Waals surface area contributed by atoms with Crippen LogP contribution in [0.4, 0.5) is 0 Å². The monoisotopic (exact) mass is 311 g/mol. The summed E-state index contributed by atoms with van der Waals surface area (Å²) in [7, 11) is 0. The Morgan fingerprint density at radius 2 is 1.32 bits per heavy atom. The first-order valence-electron chi connectivity index (χ1n) is 7.37. The summed E-state index contributed by atoms with van der Waals surface area (Å²) in [6.07, 6.45) is 1.78. The highest BCUT2D eigenvalue weighted by atomic mass is 16.3. The van der Waals surface area contributed by atoms with Crippen molar-refractivity contribution in [3.8, 4) is 0 Å². The average molecular weight is 311 g/mol. The lowest BCUT2D eigenvalue weighted by Gasteiger charge is -2.36. The van der Waals surface area contributed by atoms with Crippen molar-refractivity contribution in [2.24, 2.45) is 0 Å². The maximum Gasteiger partial charge on any atom is 0.160 e. The summed E-state index contributed by atoms with van der Waals surface area (Å²) in [5, 5.41) is 27.2. The molecule has 0 aliphatic rings. The van der Waals surface area contributed by atoms with E-state index >= 15 is 0 Å². The second kappa shape index (κ2) is 10.4. The van der Waals surface area contributed by atoms with E-state index in [0.29, 0.717) is 26.2 Å². The molecule has 0 aliphatic carbocycles. The van der Waals surface area contributed by atoms with Crippen LogP contribution in [0.2, 0.25) is 0 Å². The van der Waals surface area contributed by atoms with Crippen molar-refractivity contribution in [2.75, 3.05) is 39.5 Å². The summed E-state index contributed by atoms with van der Waals surface area (Å²) in [5.41, 5.74) is 11.5. The van der Waals surface area contributed by atoms with Crippen LogP contribution in [0.15, 0.2) is 30.8 Å². The van der Waals surface area contributed by atoms with Gasteiger partial charge in [-0.15, -0.1) is 16.3 Å². The minimum atomic E-state index is -0.0169. The Bertz CT molecular complexity index is 404. The highest BCUT2D eigenvalue weighted by Crippen LogP contribution is 2.10. The van der Waals surface area contributed by atoms with Gasteiger partial charge in [0.25, 0.3) is 0 Å². The molecule has 0 unspecified atom stereocenters. The maximum absolute atomic E-state index is 9.08. The molecule has 0 heterocycles. The van der Waals surface area contributed by atoms with Crippen molar-refractivity contribution >= 4 is 6.08 Å². The van der Waals surface area contributed by atoms with E-state index in [1.165, 1.54) is 0 Å². The number of hydrogen-bond donors (Lipinski definition) is 6. The largest absolute Gasteiger partial charge is 0.395 e. The molecule has 0 spiro atoms. The van der Waals surface area contributed by atoms with E-state index in [4.69, 9.17) is 15.3 Å². The lowest BCUT2D eigenvalue weighted by atomic mass is 10.1. The van der Waals surface area contributed by atoms with Crippen LogP contribution >= 0.6 is 0 Å². The lowest BCUT2D eigenvalue weighted by molar-refractivity contribution is -1.06. The smallest absolute Gasteiger partial charge is 0.160 e. The summed E-state index contributed by atoms with van der Waals surface area (Å²) >= 11 is 0. The van der Waals surface area contributed by atoms with Crippen molar-refractivity contribution in [3.05, 3.63) is 42.0 Å². The van der Waals surface area contributed by atoms with Crippen LogP contribution in [0.25, 0.3) is 6.08 Å². The van der Waals surface area contributed by atoms with Crippen molar-refractivity contribution in [1.29, 1.82) is 0 Å². The number of nitrogens with zero attached hydrogens (tertiary/aromatic N) is 1. The molecule has 0 atom stereocenters. The highest BCUT2D eigenvalue weighted by Gasteiger charge is 2.28. The summed E-state index contributed by atoms with van der Waals surface area (Å²) in [5.74, 6) is 0. The van der Waals surface area contributed by atoms with Gasteiger partial charge in [-0.1, -0.05) is 41.7 Å². The molecule has 22 heavy (non-hydrogen) atoms. The first-order chi connectivity index (χ1) is 10.7. The number of aliphatic hydroxyl groups excluding tert-OH is 3. The standard InChI is InChI=1S/C15H27N4O3/c1-2-14-3-5-15(6-4-14)13-19(16-7-10-20,17-8-11-21)18-9-12-22/h2-6,16-18,20-22H,1,7-13H2/q+1. The van der Waals surface area contributed by atoms with Gasteiger partial charge in [-0.2, -0.15) is 0 Å². The molecule has 0 saturated heterocycles. The highest BCUT2D eigenvalue weighted by molar-refractivity contribution is 5.47. The van der Waals surface area contributed by atoms with E-state index < -0.39 is 0 Å². The molecule has 7 nitrogen and oxygen atoms in total. The normalized spacial score (nSPS) is 11.6. The molecular weight excluding hydrogens is 284 g/mol. The Labute approximate surface area is 131 Å². The van der Waals surface area contributed by atoms with Gasteiger partial charge in [-0.05, 0) is 5.56 Å². The van der Waals surface area contributed by atoms with Gasteiger partial charge in [0.2, 0.25) is 0 Å². The first kappa shape index (κ1) is 18.7. The van der Waals surface area contributed by atoms with E-state index in [1.54, 1.807) is 6.08 Å². The summed E-state index contributed by atoms with van der Waals surface area (Å²) < 4.78 is 0. The minimum absolute atomic E-state index is 0.0169. The number of quaternary nitrogens is 1. The molecule has 0 aromatic heterocycles. The molecule has 1 aromatic rings. The Balaban J connectivity index is 2.89. The van der Waals surface area contributed by atoms with E-state index in [2.05, 4.69) is 22.9 Å². The van der Waals surface area contributed by atoms with E-state index in [1.807, 2.05) is 24.3 Å². The SMILES string of the molecule is C=Cc1ccc(C[N+](NCCO)(NCCO)NCCO)cc1. The number of aliphatic hydroxyl groups is 3. The molecule has 0 bridgehead atoms. The second-order valence-electron chi connectivity index (χ2n) is 4.81. The molecule has 124 valence electrons. The predicted molar refractivity (Wildman–Crippen MR) is 85.8 cm³/mol. The van der Waals surface area contributed by atoms with Gasteiger partial charge < -0.3 is 15.3 Å². The molecule has 0 radical (unpaired) electrons. The van der Waals surface area contributed by atoms with Crippen LogP contribution in [0.5, 0.6) is 0 Å². The van der Waals surface area contributed by atoms with E-state index in [9.17, 15) is 0 Å². The first-order valence-corrected chi connectivity index (χ1v) is 7.37.